The first kappa shape index (κ1) is 33.3. The summed E-state index contributed by atoms with van der Waals surface area (Å²) in [6.45, 7) is -9.72. The number of nitrogens with zero attached hydrogens (tertiary/aromatic N) is 5. The second kappa shape index (κ2) is 12.3. The van der Waals surface area contributed by atoms with Gasteiger partial charge in [0.15, 0.2) is 23.6 Å². The Hall–Kier alpha value is -1.22. The molecule has 0 amide bonds. The van der Waals surface area contributed by atoms with Gasteiger partial charge in [-0.1, -0.05) is 35.5 Å². The molecule has 0 radical (unpaired) electrons. The van der Waals surface area contributed by atoms with Crippen LogP contribution in [-0.4, -0.2) is 94.0 Å². The number of halogens is 3. The molecule has 46 heavy (non-hydrogen) atoms. The van der Waals surface area contributed by atoms with Gasteiger partial charge in [-0.3, -0.25) is 27.5 Å². The Morgan fingerprint density at radius 3 is 2.50 bits per heavy atom. The number of fused-ring (bicyclic) bond motifs is 5. The number of nitrogens with one attached hydrogen (secondary N) is 1. The van der Waals surface area contributed by atoms with Crippen molar-refractivity contribution in [2.45, 2.75) is 49.1 Å². The van der Waals surface area contributed by atoms with Crippen molar-refractivity contribution in [3.05, 3.63) is 50.5 Å². The van der Waals surface area contributed by atoms with Crippen LogP contribution in [0, 0.1) is 0 Å². The molecule has 1 aromatic carbocycles. The minimum Gasteiger partial charge on any atom is -0.387 e. The van der Waals surface area contributed by atoms with Crippen LogP contribution in [0.3, 0.4) is 0 Å². The third-order valence-electron chi connectivity index (χ3n) is 7.52. The second-order valence-electron chi connectivity index (χ2n) is 10.3. The number of thiol groups is 1. The van der Waals surface area contributed by atoms with Gasteiger partial charge in [-0.15, -0.1) is 0 Å². The molecule has 3 fully saturated rings. The van der Waals surface area contributed by atoms with Gasteiger partial charge in [0, 0.05) is 0 Å². The number of aromatic amines is 1. The molecule has 24 heteroatoms. The van der Waals surface area contributed by atoms with E-state index in [9.17, 15) is 24.5 Å². The summed E-state index contributed by atoms with van der Waals surface area (Å²) in [7, 11) is 0. The van der Waals surface area contributed by atoms with Crippen LogP contribution in [0.2, 0.25) is 15.3 Å². The predicted octanol–water partition coefficient (Wildman–Crippen LogP) is 2.72. The van der Waals surface area contributed by atoms with Crippen molar-refractivity contribution in [3.63, 3.8) is 0 Å². The topological polar surface area (TPSA) is 215 Å². The Labute approximate surface area is 282 Å². The molecule has 17 nitrogen and oxygen atoms in total. The molecule has 248 valence electrons. The van der Waals surface area contributed by atoms with Crippen LogP contribution >= 0.6 is 60.6 Å². The molecule has 7 rings (SSSR count). The van der Waals surface area contributed by atoms with Gasteiger partial charge in [-0.2, -0.15) is 0 Å². The fourth-order valence-corrected chi connectivity index (χ4v) is 8.95. The molecule has 0 spiro atoms. The molecule has 0 aliphatic carbocycles. The Morgan fingerprint density at radius 2 is 1.72 bits per heavy atom. The highest BCUT2D eigenvalue weighted by molar-refractivity contribution is 8.44. The molecule has 4 N–H and O–H groups in total. The third-order valence-corrected chi connectivity index (χ3v) is 11.7. The lowest BCUT2D eigenvalue weighted by molar-refractivity contribution is -0.0592. The fraction of sp³-hybridized carbons (Fsp3) is 0.455. The van der Waals surface area contributed by atoms with E-state index in [-0.39, 0.29) is 26.5 Å². The van der Waals surface area contributed by atoms with E-state index in [0.29, 0.717) is 11.0 Å². The monoisotopic (exact) mass is 776 g/mol. The summed E-state index contributed by atoms with van der Waals surface area (Å²) in [5, 5.41) is 22.8. The van der Waals surface area contributed by atoms with E-state index >= 15 is 0 Å². The van der Waals surface area contributed by atoms with Gasteiger partial charge in [0.2, 0.25) is 5.28 Å². The molecule has 0 saturated carbocycles. The van der Waals surface area contributed by atoms with E-state index in [4.69, 9.17) is 74.2 Å². The van der Waals surface area contributed by atoms with Crippen LogP contribution in [0.5, 0.6) is 0 Å². The van der Waals surface area contributed by atoms with E-state index in [2.05, 4.69) is 32.2 Å². The molecular formula is C22H21Cl3N6O11P2S2. The van der Waals surface area contributed by atoms with E-state index < -0.39 is 81.4 Å². The van der Waals surface area contributed by atoms with Crippen molar-refractivity contribution in [1.29, 1.82) is 0 Å². The van der Waals surface area contributed by atoms with Gasteiger partial charge in [0.05, 0.1) is 46.9 Å². The summed E-state index contributed by atoms with van der Waals surface area (Å²) in [6.07, 6.45) is -8.71. The van der Waals surface area contributed by atoms with Gasteiger partial charge in [0.1, 0.15) is 36.6 Å². The first-order valence-electron chi connectivity index (χ1n) is 13.1. The lowest BCUT2D eigenvalue weighted by Crippen LogP contribution is -2.36. The first-order chi connectivity index (χ1) is 21.7. The summed E-state index contributed by atoms with van der Waals surface area (Å²) in [5.41, 5.74) is 0.195. The normalized spacial score (nSPS) is 37.2. The number of hydrogen-bond donors (Lipinski definition) is 5. The van der Waals surface area contributed by atoms with Crippen molar-refractivity contribution < 1.29 is 47.2 Å². The van der Waals surface area contributed by atoms with E-state index in [1.165, 1.54) is 27.6 Å². The predicted molar refractivity (Wildman–Crippen MR) is 167 cm³/mol. The molecule has 3 aliphatic heterocycles. The van der Waals surface area contributed by atoms with Crippen molar-refractivity contribution in [2.24, 2.45) is 0 Å². The molecule has 3 aromatic heterocycles. The number of H-pyrrole nitrogens is 1. The van der Waals surface area contributed by atoms with Crippen LogP contribution < -0.4 is 5.56 Å². The summed E-state index contributed by atoms with van der Waals surface area (Å²) < 4.78 is 50.6. The van der Waals surface area contributed by atoms with Gasteiger partial charge < -0.3 is 34.1 Å². The maximum absolute atomic E-state index is 13.5. The van der Waals surface area contributed by atoms with Crippen molar-refractivity contribution in [2.75, 3.05) is 13.2 Å². The number of ether oxygens (including phenoxy) is 2. The number of aromatic nitrogens is 6. The first-order valence-corrected chi connectivity index (χ1v) is 19.6. The average Bonchev–Trinajstić information content (AvgIpc) is 3.71. The SMILES string of the molecule is O=c1[nH]cnc2c1ncn2[C@@H]1O[C@@H]2COP(O)(=S)OC3C(O)[C@@H](COP(=O)(S)OC2C1O)O[C@H]3n1c(Cl)nc2cc(Cl)c(Cl)cc21. The number of imidazole rings is 2. The highest BCUT2D eigenvalue weighted by atomic mass is 35.5. The zero-order valence-electron chi connectivity index (χ0n) is 22.6. The molecular weight excluding hydrogens is 757 g/mol. The third kappa shape index (κ3) is 5.98. The molecule has 3 saturated heterocycles. The minimum atomic E-state index is -4.34. The number of aliphatic hydroxyl groups is 2. The zero-order chi connectivity index (χ0) is 32.7. The van der Waals surface area contributed by atoms with Crippen LogP contribution in [0.4, 0.5) is 0 Å². The molecule has 4 aromatic rings. The Kier molecular flexibility index (Phi) is 8.88. The number of hydrogen-bond acceptors (Lipinski definition) is 14. The zero-order valence-corrected chi connectivity index (χ0v) is 28.3. The standard InChI is InChI=1S/C22H21Cl3N6O11P2S2/c23-7-1-9-10(2-8(7)24)31(22(25)29-9)21-17-14(32)11(39-21)3-37-43(35,45)41-16-12(4-38-44(36,46)42-17)40-20(15(16)33)30-6-28-13-18(30)26-5-27-19(13)34/h1-2,5-6,11-12,14-17,20-21,32-33H,3-4H2,(H,35,45)(H,36,46)(H,26,27,34)/t11-,12-,14?,15?,16?,17?,20-,21-,43?,44?/m1/s1. The smallest absolute Gasteiger partial charge is 0.386 e. The Bertz CT molecular complexity index is 2000. The largest absolute Gasteiger partial charge is 0.387 e. The van der Waals surface area contributed by atoms with Crippen LogP contribution in [-0.2, 0) is 43.9 Å². The molecule has 3 aliphatic rings. The van der Waals surface area contributed by atoms with E-state index in [1.807, 2.05) is 0 Å². The Balaban J connectivity index is 1.22. The molecule has 2 bridgehead atoms. The quantitative estimate of drug-likeness (QED) is 0.146. The maximum Gasteiger partial charge on any atom is 0.386 e. The van der Waals surface area contributed by atoms with Crippen molar-refractivity contribution >= 4 is 94.6 Å². The van der Waals surface area contributed by atoms with Crippen molar-refractivity contribution in [3.8, 4) is 0 Å². The highest BCUT2D eigenvalue weighted by Gasteiger charge is 2.53. The summed E-state index contributed by atoms with van der Waals surface area (Å²) in [6, 6.07) is 2.95. The van der Waals surface area contributed by atoms with Gasteiger partial charge >= 0.3 is 13.5 Å². The molecule has 6 heterocycles. The van der Waals surface area contributed by atoms with E-state index in [1.54, 1.807) is 0 Å². The second-order valence-corrected chi connectivity index (χ2v) is 17.2. The summed E-state index contributed by atoms with van der Waals surface area (Å²) in [5.74, 6) is 0. The van der Waals surface area contributed by atoms with Crippen molar-refractivity contribution in [1.82, 2.24) is 29.1 Å². The Morgan fingerprint density at radius 1 is 1.00 bits per heavy atom. The number of benzene rings is 1. The molecule has 10 atom stereocenters. The maximum atomic E-state index is 13.5. The molecule has 6 unspecified atom stereocenters. The number of rotatable bonds is 2. The van der Waals surface area contributed by atoms with Gasteiger partial charge in [-0.05, 0) is 35.5 Å². The van der Waals surface area contributed by atoms with E-state index in [0.717, 1.165) is 6.33 Å². The van der Waals surface area contributed by atoms with Crippen LogP contribution in [0.15, 0.2) is 29.6 Å². The lowest BCUT2D eigenvalue weighted by Gasteiger charge is -2.28. The lowest BCUT2D eigenvalue weighted by atomic mass is 10.1. The van der Waals surface area contributed by atoms with Gasteiger partial charge in [-0.25, -0.2) is 19.5 Å². The fourth-order valence-electron chi connectivity index (χ4n) is 5.45. The average molecular weight is 778 g/mol. The minimum absolute atomic E-state index is 0.0280. The number of aliphatic hydroxyl groups excluding tert-OH is 2. The van der Waals surface area contributed by atoms with Crippen LogP contribution in [0.1, 0.15) is 12.5 Å². The summed E-state index contributed by atoms with van der Waals surface area (Å²) >= 11 is 28.2. The highest BCUT2D eigenvalue weighted by Crippen LogP contribution is 2.58. The van der Waals surface area contributed by atoms with Crippen LogP contribution in [0.25, 0.3) is 22.2 Å². The van der Waals surface area contributed by atoms with Gasteiger partial charge in [0.25, 0.3) is 5.56 Å². The summed E-state index contributed by atoms with van der Waals surface area (Å²) in [4.78, 5) is 38.1.